The third-order valence-corrected chi connectivity index (χ3v) is 4.78. The first kappa shape index (κ1) is 14.9. The van der Waals surface area contributed by atoms with Gasteiger partial charge in [0.15, 0.2) is 0 Å². The Morgan fingerprint density at radius 1 is 1.24 bits per heavy atom. The molecule has 2 aliphatic rings. The van der Waals surface area contributed by atoms with E-state index in [1.54, 1.807) is 6.07 Å². The number of hydrogen-bond donors (Lipinski definition) is 1. The van der Waals surface area contributed by atoms with Crippen molar-refractivity contribution in [3.8, 4) is 0 Å². The van der Waals surface area contributed by atoms with Crippen LogP contribution in [0.4, 0.5) is 4.39 Å². The van der Waals surface area contributed by atoms with Crippen molar-refractivity contribution in [3.63, 3.8) is 0 Å². The van der Waals surface area contributed by atoms with Gasteiger partial charge in [-0.1, -0.05) is 12.1 Å². The van der Waals surface area contributed by atoms with E-state index in [0.717, 1.165) is 57.8 Å². The number of halogens is 1. The van der Waals surface area contributed by atoms with E-state index in [1.807, 2.05) is 19.1 Å². The van der Waals surface area contributed by atoms with Crippen LogP contribution < -0.4 is 5.32 Å². The van der Waals surface area contributed by atoms with E-state index in [0.29, 0.717) is 12.0 Å². The standard InChI is InChI=1S/C17H25FN2O/c1-13-12-15(2-3-16(13)18)17(14-4-10-21-11-5-14)20-8-6-19-7-9-20/h2-3,12,14,17,19H,4-11H2,1H3/t17-/m1/s1. The van der Waals surface area contributed by atoms with Gasteiger partial charge >= 0.3 is 0 Å². The first-order valence-corrected chi connectivity index (χ1v) is 8.04. The number of aryl methyl sites for hydroxylation is 1. The van der Waals surface area contributed by atoms with Crippen LogP contribution in [0.1, 0.15) is 30.0 Å². The number of benzene rings is 1. The van der Waals surface area contributed by atoms with Crippen molar-refractivity contribution in [1.82, 2.24) is 10.2 Å². The lowest BCUT2D eigenvalue weighted by Gasteiger charge is -2.41. The maximum atomic E-state index is 13.6. The van der Waals surface area contributed by atoms with E-state index in [2.05, 4.69) is 10.2 Å². The first-order chi connectivity index (χ1) is 10.3. The Labute approximate surface area is 126 Å². The van der Waals surface area contributed by atoms with E-state index < -0.39 is 0 Å². The molecule has 21 heavy (non-hydrogen) atoms. The summed E-state index contributed by atoms with van der Waals surface area (Å²) in [5.74, 6) is 0.506. The van der Waals surface area contributed by atoms with Gasteiger partial charge in [-0.3, -0.25) is 4.90 Å². The topological polar surface area (TPSA) is 24.5 Å². The zero-order chi connectivity index (χ0) is 14.7. The molecule has 1 aromatic carbocycles. The number of hydrogen-bond acceptors (Lipinski definition) is 3. The molecule has 1 N–H and O–H groups in total. The lowest BCUT2D eigenvalue weighted by Crippen LogP contribution is -2.47. The maximum Gasteiger partial charge on any atom is 0.126 e. The van der Waals surface area contributed by atoms with Crippen molar-refractivity contribution in [2.45, 2.75) is 25.8 Å². The molecule has 116 valence electrons. The van der Waals surface area contributed by atoms with Gasteiger partial charge in [0.2, 0.25) is 0 Å². The highest BCUT2D eigenvalue weighted by molar-refractivity contribution is 5.27. The molecule has 0 bridgehead atoms. The van der Waals surface area contributed by atoms with Crippen LogP contribution in [0.25, 0.3) is 0 Å². The highest BCUT2D eigenvalue weighted by Gasteiger charge is 2.31. The minimum Gasteiger partial charge on any atom is -0.381 e. The molecule has 2 saturated heterocycles. The molecule has 0 unspecified atom stereocenters. The van der Waals surface area contributed by atoms with Gasteiger partial charge in [0.25, 0.3) is 0 Å². The smallest absolute Gasteiger partial charge is 0.126 e. The molecule has 0 amide bonds. The molecule has 3 nitrogen and oxygen atoms in total. The fraction of sp³-hybridized carbons (Fsp3) is 0.647. The summed E-state index contributed by atoms with van der Waals surface area (Å²) in [6.07, 6.45) is 2.20. The molecular weight excluding hydrogens is 267 g/mol. The lowest BCUT2D eigenvalue weighted by molar-refractivity contribution is 0.0213. The molecule has 1 aromatic rings. The second kappa shape index (κ2) is 6.86. The lowest BCUT2D eigenvalue weighted by atomic mass is 9.85. The van der Waals surface area contributed by atoms with Gasteiger partial charge in [0.1, 0.15) is 5.82 Å². The molecule has 2 fully saturated rings. The Balaban J connectivity index is 1.87. The van der Waals surface area contributed by atoms with Gasteiger partial charge in [-0.25, -0.2) is 4.39 Å². The van der Waals surface area contributed by atoms with Crippen molar-refractivity contribution in [2.75, 3.05) is 39.4 Å². The van der Waals surface area contributed by atoms with Crippen LogP contribution in [0.5, 0.6) is 0 Å². The second-order valence-electron chi connectivity index (χ2n) is 6.19. The van der Waals surface area contributed by atoms with E-state index in [1.165, 1.54) is 5.56 Å². The van der Waals surface area contributed by atoms with Crippen LogP contribution in [0.15, 0.2) is 18.2 Å². The largest absolute Gasteiger partial charge is 0.381 e. The number of piperazine rings is 1. The molecular formula is C17H25FN2O. The highest BCUT2D eigenvalue weighted by atomic mass is 19.1. The van der Waals surface area contributed by atoms with Gasteiger partial charge < -0.3 is 10.1 Å². The minimum absolute atomic E-state index is 0.107. The summed E-state index contributed by atoms with van der Waals surface area (Å²) in [4.78, 5) is 2.57. The normalized spacial score (nSPS) is 23.1. The third-order valence-electron chi connectivity index (χ3n) is 4.78. The molecule has 2 aliphatic heterocycles. The minimum atomic E-state index is -0.107. The number of nitrogens with one attached hydrogen (secondary N) is 1. The van der Waals surface area contributed by atoms with Crippen molar-refractivity contribution in [1.29, 1.82) is 0 Å². The number of nitrogens with zero attached hydrogens (tertiary/aromatic N) is 1. The average molecular weight is 292 g/mol. The maximum absolute atomic E-state index is 13.6. The van der Waals surface area contributed by atoms with E-state index in [4.69, 9.17) is 4.74 Å². The average Bonchev–Trinajstić information content (AvgIpc) is 2.53. The number of ether oxygens (including phenoxy) is 1. The van der Waals surface area contributed by atoms with Crippen molar-refractivity contribution in [3.05, 3.63) is 35.1 Å². The van der Waals surface area contributed by atoms with E-state index >= 15 is 0 Å². The molecule has 0 spiro atoms. The summed E-state index contributed by atoms with van der Waals surface area (Å²) in [5.41, 5.74) is 2.02. The van der Waals surface area contributed by atoms with E-state index in [9.17, 15) is 4.39 Å². The predicted octanol–water partition coefficient (Wildman–Crippen LogP) is 2.51. The molecule has 0 aromatic heterocycles. The zero-order valence-corrected chi connectivity index (χ0v) is 12.8. The summed E-state index contributed by atoms with van der Waals surface area (Å²) in [6, 6.07) is 6.04. The Kier molecular flexibility index (Phi) is 4.88. The highest BCUT2D eigenvalue weighted by Crippen LogP contribution is 2.35. The van der Waals surface area contributed by atoms with Gasteiger partial charge in [-0.2, -0.15) is 0 Å². The summed E-state index contributed by atoms with van der Waals surface area (Å²) >= 11 is 0. The van der Waals surface area contributed by atoms with Crippen molar-refractivity contribution in [2.24, 2.45) is 5.92 Å². The fourth-order valence-corrected chi connectivity index (χ4v) is 3.62. The zero-order valence-electron chi connectivity index (χ0n) is 12.8. The van der Waals surface area contributed by atoms with Gasteiger partial charge in [0, 0.05) is 45.4 Å². The fourth-order valence-electron chi connectivity index (χ4n) is 3.62. The van der Waals surface area contributed by atoms with Crippen molar-refractivity contribution < 1.29 is 9.13 Å². The Morgan fingerprint density at radius 2 is 1.95 bits per heavy atom. The summed E-state index contributed by atoms with van der Waals surface area (Å²) in [5, 5.41) is 3.42. The molecule has 1 atom stereocenters. The van der Waals surface area contributed by atoms with Gasteiger partial charge in [0.05, 0.1) is 0 Å². The SMILES string of the molecule is Cc1cc([C@@H](C2CCOCC2)N2CCNCC2)ccc1F. The molecule has 2 heterocycles. The predicted molar refractivity (Wildman–Crippen MR) is 81.9 cm³/mol. The summed E-state index contributed by atoms with van der Waals surface area (Å²) < 4.78 is 19.1. The molecule has 0 saturated carbocycles. The molecule has 0 aliphatic carbocycles. The quantitative estimate of drug-likeness (QED) is 0.926. The van der Waals surface area contributed by atoms with Crippen LogP contribution >= 0.6 is 0 Å². The molecule has 4 heteroatoms. The Bertz CT molecular complexity index is 450. The molecule has 0 radical (unpaired) electrons. The van der Waals surface area contributed by atoms with Crippen molar-refractivity contribution >= 4 is 0 Å². The van der Waals surface area contributed by atoms with Gasteiger partial charge in [-0.05, 0) is 42.9 Å². The Morgan fingerprint density at radius 3 is 2.62 bits per heavy atom. The molecule has 3 rings (SSSR count). The monoisotopic (exact) mass is 292 g/mol. The first-order valence-electron chi connectivity index (χ1n) is 8.04. The van der Waals surface area contributed by atoms with E-state index in [-0.39, 0.29) is 5.82 Å². The summed E-state index contributed by atoms with van der Waals surface area (Å²) in [6.45, 7) is 7.79. The van der Waals surface area contributed by atoms with Gasteiger partial charge in [-0.15, -0.1) is 0 Å². The second-order valence-corrected chi connectivity index (χ2v) is 6.19. The summed E-state index contributed by atoms with van der Waals surface area (Å²) in [7, 11) is 0. The Hall–Kier alpha value is -0.970. The number of rotatable bonds is 3. The van der Waals surface area contributed by atoms with Crippen LogP contribution in [-0.2, 0) is 4.74 Å². The van der Waals surface area contributed by atoms with Crippen LogP contribution in [-0.4, -0.2) is 44.3 Å². The van der Waals surface area contributed by atoms with Crippen LogP contribution in [0.3, 0.4) is 0 Å². The van der Waals surface area contributed by atoms with Crippen LogP contribution in [0, 0.1) is 18.7 Å². The third kappa shape index (κ3) is 3.44. The van der Waals surface area contributed by atoms with Crippen LogP contribution in [0.2, 0.25) is 0 Å².